The number of H-pyrrole nitrogens is 1. The van der Waals surface area contributed by atoms with E-state index in [-0.39, 0.29) is 5.60 Å². The SMILES string of the molecule is COc1ccc(-c2nc3c4c(c5ccccc5c3[nH]2)OC(C)(C)CC4)cc1. The highest BCUT2D eigenvalue weighted by Crippen LogP contribution is 2.43. The van der Waals surface area contributed by atoms with Gasteiger partial charge in [-0.05, 0) is 51.0 Å². The Bertz CT molecular complexity index is 1160. The van der Waals surface area contributed by atoms with Gasteiger partial charge < -0.3 is 14.5 Å². The first-order valence-corrected chi connectivity index (χ1v) is 9.32. The maximum atomic E-state index is 6.42. The summed E-state index contributed by atoms with van der Waals surface area (Å²) in [7, 11) is 1.68. The zero-order valence-corrected chi connectivity index (χ0v) is 15.8. The van der Waals surface area contributed by atoms with Crippen LogP contribution in [0.25, 0.3) is 33.2 Å². The van der Waals surface area contributed by atoms with Crippen molar-refractivity contribution in [2.45, 2.75) is 32.3 Å². The fourth-order valence-corrected chi connectivity index (χ4v) is 3.94. The molecule has 1 N–H and O–H groups in total. The smallest absolute Gasteiger partial charge is 0.138 e. The number of ether oxygens (including phenoxy) is 2. The highest BCUT2D eigenvalue weighted by atomic mass is 16.5. The van der Waals surface area contributed by atoms with Gasteiger partial charge in [-0.3, -0.25) is 0 Å². The Labute approximate surface area is 158 Å². The van der Waals surface area contributed by atoms with Gasteiger partial charge in [-0.2, -0.15) is 0 Å². The first-order chi connectivity index (χ1) is 13.1. The molecule has 1 aliphatic rings. The van der Waals surface area contributed by atoms with Crippen molar-refractivity contribution in [1.29, 1.82) is 0 Å². The largest absolute Gasteiger partial charge is 0.497 e. The summed E-state index contributed by atoms with van der Waals surface area (Å²) in [6.45, 7) is 4.31. The van der Waals surface area contributed by atoms with Gasteiger partial charge in [0.1, 0.15) is 22.9 Å². The quantitative estimate of drug-likeness (QED) is 0.515. The maximum absolute atomic E-state index is 6.42. The lowest BCUT2D eigenvalue weighted by Gasteiger charge is -2.33. The van der Waals surface area contributed by atoms with Crippen molar-refractivity contribution in [1.82, 2.24) is 9.97 Å². The molecule has 0 bridgehead atoms. The van der Waals surface area contributed by atoms with Gasteiger partial charge in [-0.25, -0.2) is 4.98 Å². The summed E-state index contributed by atoms with van der Waals surface area (Å²) in [5.74, 6) is 2.70. The molecule has 0 fully saturated rings. The fourth-order valence-electron chi connectivity index (χ4n) is 3.94. The Morgan fingerprint density at radius 3 is 2.52 bits per heavy atom. The monoisotopic (exact) mass is 358 g/mol. The van der Waals surface area contributed by atoms with Crippen molar-refractivity contribution in [2.75, 3.05) is 7.11 Å². The number of methoxy groups -OCH3 is 1. The number of hydrogen-bond acceptors (Lipinski definition) is 3. The second-order valence-electron chi connectivity index (χ2n) is 7.75. The molecule has 4 heteroatoms. The first-order valence-electron chi connectivity index (χ1n) is 9.32. The van der Waals surface area contributed by atoms with Gasteiger partial charge in [0.25, 0.3) is 0 Å². The van der Waals surface area contributed by atoms with Crippen LogP contribution in [0.15, 0.2) is 48.5 Å². The number of hydrogen-bond donors (Lipinski definition) is 1. The lowest BCUT2D eigenvalue weighted by atomic mass is 9.91. The minimum Gasteiger partial charge on any atom is -0.497 e. The number of benzene rings is 3. The average Bonchev–Trinajstić information content (AvgIpc) is 3.13. The lowest BCUT2D eigenvalue weighted by Crippen LogP contribution is -2.32. The number of fused-ring (bicyclic) bond motifs is 6. The Hall–Kier alpha value is -3.01. The lowest BCUT2D eigenvalue weighted by molar-refractivity contribution is 0.0873. The summed E-state index contributed by atoms with van der Waals surface area (Å²) in [6, 6.07) is 16.4. The molecular formula is C23H22N2O2. The molecule has 2 heterocycles. The predicted molar refractivity (Wildman–Crippen MR) is 109 cm³/mol. The average molecular weight is 358 g/mol. The summed E-state index contributed by atoms with van der Waals surface area (Å²) in [4.78, 5) is 8.53. The summed E-state index contributed by atoms with van der Waals surface area (Å²) in [5, 5.41) is 2.30. The molecule has 0 saturated carbocycles. The van der Waals surface area contributed by atoms with Crippen LogP contribution in [0.2, 0.25) is 0 Å². The fraction of sp³-hybridized carbons (Fsp3) is 0.261. The van der Waals surface area contributed by atoms with E-state index in [9.17, 15) is 0 Å². The van der Waals surface area contributed by atoms with Crippen molar-refractivity contribution >= 4 is 21.8 Å². The van der Waals surface area contributed by atoms with Crippen molar-refractivity contribution in [3.8, 4) is 22.9 Å². The highest BCUT2D eigenvalue weighted by molar-refractivity contribution is 6.10. The molecule has 27 heavy (non-hydrogen) atoms. The Morgan fingerprint density at radius 1 is 1.04 bits per heavy atom. The van der Waals surface area contributed by atoms with Crippen LogP contribution in [0.3, 0.4) is 0 Å². The minimum atomic E-state index is -0.154. The van der Waals surface area contributed by atoms with E-state index in [2.05, 4.69) is 43.1 Å². The third-order valence-corrected chi connectivity index (χ3v) is 5.42. The van der Waals surface area contributed by atoms with E-state index in [1.54, 1.807) is 7.11 Å². The molecule has 0 unspecified atom stereocenters. The second kappa shape index (κ2) is 5.74. The Balaban J connectivity index is 1.78. The number of aromatic nitrogens is 2. The number of nitrogens with one attached hydrogen (secondary N) is 1. The number of nitrogens with zero attached hydrogens (tertiary/aromatic N) is 1. The second-order valence-corrected chi connectivity index (χ2v) is 7.75. The normalized spacial score (nSPS) is 15.5. The van der Waals surface area contributed by atoms with Gasteiger partial charge in [0, 0.05) is 21.9 Å². The molecule has 0 aliphatic carbocycles. The van der Waals surface area contributed by atoms with Crippen LogP contribution in [0, 0.1) is 0 Å². The van der Waals surface area contributed by atoms with Crippen LogP contribution in [-0.2, 0) is 6.42 Å². The third kappa shape index (κ3) is 2.55. The third-order valence-electron chi connectivity index (χ3n) is 5.42. The molecule has 0 radical (unpaired) electrons. The molecule has 136 valence electrons. The molecule has 0 spiro atoms. The molecule has 3 aromatic carbocycles. The number of aryl methyl sites for hydroxylation is 1. The molecule has 1 aromatic heterocycles. The highest BCUT2D eigenvalue weighted by Gasteiger charge is 2.30. The number of aromatic amines is 1. The molecule has 0 saturated heterocycles. The zero-order valence-electron chi connectivity index (χ0n) is 15.8. The van der Waals surface area contributed by atoms with Gasteiger partial charge in [-0.15, -0.1) is 0 Å². The topological polar surface area (TPSA) is 47.1 Å². The van der Waals surface area contributed by atoms with E-state index in [0.717, 1.165) is 57.5 Å². The van der Waals surface area contributed by atoms with Crippen LogP contribution < -0.4 is 9.47 Å². The van der Waals surface area contributed by atoms with Crippen molar-refractivity contribution in [3.63, 3.8) is 0 Å². The molecule has 0 atom stereocenters. The van der Waals surface area contributed by atoms with Crippen LogP contribution in [0.4, 0.5) is 0 Å². The first kappa shape index (κ1) is 16.2. The van der Waals surface area contributed by atoms with Crippen LogP contribution >= 0.6 is 0 Å². The maximum Gasteiger partial charge on any atom is 0.138 e. The number of rotatable bonds is 2. The van der Waals surface area contributed by atoms with E-state index in [4.69, 9.17) is 14.5 Å². The molecule has 0 amide bonds. The summed E-state index contributed by atoms with van der Waals surface area (Å²) >= 11 is 0. The van der Waals surface area contributed by atoms with Gasteiger partial charge in [0.15, 0.2) is 0 Å². The van der Waals surface area contributed by atoms with Gasteiger partial charge in [0.05, 0.1) is 18.1 Å². The number of imidazole rings is 1. The predicted octanol–water partition coefficient (Wildman–Crippen LogP) is 5.50. The van der Waals surface area contributed by atoms with Crippen LogP contribution in [0.5, 0.6) is 11.5 Å². The standard InChI is InChI=1S/C23H22N2O2/c1-23(2)13-12-18-20-19(16-6-4-5-7-17(16)21(18)27-23)24-22(25-20)14-8-10-15(26-3)11-9-14/h4-11H,12-13H2,1-3H3,(H,24,25). The van der Waals surface area contributed by atoms with E-state index in [0.29, 0.717) is 0 Å². The molecule has 1 aliphatic heterocycles. The van der Waals surface area contributed by atoms with E-state index >= 15 is 0 Å². The zero-order chi connectivity index (χ0) is 18.6. The van der Waals surface area contributed by atoms with E-state index in [1.165, 1.54) is 5.56 Å². The molecule has 5 rings (SSSR count). The van der Waals surface area contributed by atoms with Gasteiger partial charge in [-0.1, -0.05) is 24.3 Å². The summed E-state index contributed by atoms with van der Waals surface area (Å²) in [5.41, 5.74) is 4.20. The summed E-state index contributed by atoms with van der Waals surface area (Å²) in [6.07, 6.45) is 1.95. The molecule has 4 aromatic rings. The van der Waals surface area contributed by atoms with Crippen LogP contribution in [0.1, 0.15) is 25.8 Å². The molecular weight excluding hydrogens is 336 g/mol. The van der Waals surface area contributed by atoms with Crippen molar-refractivity contribution in [2.24, 2.45) is 0 Å². The van der Waals surface area contributed by atoms with Crippen molar-refractivity contribution in [3.05, 3.63) is 54.1 Å². The van der Waals surface area contributed by atoms with E-state index < -0.39 is 0 Å². The van der Waals surface area contributed by atoms with Gasteiger partial charge in [0.2, 0.25) is 0 Å². The Kier molecular flexibility index (Phi) is 3.44. The summed E-state index contributed by atoms with van der Waals surface area (Å²) < 4.78 is 11.7. The van der Waals surface area contributed by atoms with Gasteiger partial charge >= 0.3 is 0 Å². The minimum absolute atomic E-state index is 0.154. The molecule has 4 nitrogen and oxygen atoms in total. The van der Waals surface area contributed by atoms with E-state index in [1.807, 2.05) is 24.3 Å². The van der Waals surface area contributed by atoms with Crippen LogP contribution in [-0.4, -0.2) is 22.7 Å². The van der Waals surface area contributed by atoms with Crippen molar-refractivity contribution < 1.29 is 9.47 Å². The Morgan fingerprint density at radius 2 is 1.78 bits per heavy atom.